The van der Waals surface area contributed by atoms with Crippen LogP contribution in [0.4, 0.5) is 0 Å². The monoisotopic (exact) mass is 200 g/mol. The first-order valence-corrected chi connectivity index (χ1v) is 4.39. The van der Waals surface area contributed by atoms with E-state index in [-0.39, 0.29) is 5.56 Å². The van der Waals surface area contributed by atoms with Gasteiger partial charge in [0.25, 0.3) is 5.56 Å². The SMILES string of the molecule is O=Cc1ccc(-c2cnc[nH]c2=O)cc1. The van der Waals surface area contributed by atoms with Gasteiger partial charge in [-0.3, -0.25) is 9.59 Å². The molecular formula is C11H8N2O2. The maximum absolute atomic E-state index is 11.4. The van der Waals surface area contributed by atoms with E-state index in [1.807, 2.05) is 0 Å². The summed E-state index contributed by atoms with van der Waals surface area (Å²) in [5.41, 5.74) is 1.63. The van der Waals surface area contributed by atoms with Crippen molar-refractivity contribution >= 4 is 6.29 Å². The average Bonchev–Trinajstić information content (AvgIpc) is 2.30. The molecule has 4 heteroatoms. The van der Waals surface area contributed by atoms with Gasteiger partial charge in [0.15, 0.2) is 0 Å². The minimum absolute atomic E-state index is 0.191. The van der Waals surface area contributed by atoms with Gasteiger partial charge in [-0.15, -0.1) is 0 Å². The molecule has 1 heterocycles. The first-order chi connectivity index (χ1) is 7.31. The Labute approximate surface area is 85.6 Å². The van der Waals surface area contributed by atoms with Gasteiger partial charge < -0.3 is 4.98 Å². The highest BCUT2D eigenvalue weighted by atomic mass is 16.1. The number of hydrogen-bond acceptors (Lipinski definition) is 3. The van der Waals surface area contributed by atoms with Crippen LogP contribution in [0.5, 0.6) is 0 Å². The summed E-state index contributed by atoms with van der Waals surface area (Å²) in [6, 6.07) is 6.76. The molecule has 2 rings (SSSR count). The lowest BCUT2D eigenvalue weighted by Gasteiger charge is -1.98. The largest absolute Gasteiger partial charge is 0.313 e. The molecule has 0 unspecified atom stereocenters. The molecule has 0 saturated carbocycles. The van der Waals surface area contributed by atoms with Crippen molar-refractivity contribution in [1.82, 2.24) is 9.97 Å². The van der Waals surface area contributed by atoms with Crippen molar-refractivity contribution in [2.75, 3.05) is 0 Å². The fourth-order valence-corrected chi connectivity index (χ4v) is 1.29. The van der Waals surface area contributed by atoms with E-state index in [9.17, 15) is 9.59 Å². The first kappa shape index (κ1) is 9.33. The molecule has 0 spiro atoms. The summed E-state index contributed by atoms with van der Waals surface area (Å²) in [5.74, 6) is 0. The maximum Gasteiger partial charge on any atom is 0.258 e. The van der Waals surface area contributed by atoms with Crippen LogP contribution in [0.3, 0.4) is 0 Å². The summed E-state index contributed by atoms with van der Waals surface area (Å²) >= 11 is 0. The molecule has 0 aliphatic heterocycles. The van der Waals surface area contributed by atoms with Crippen LogP contribution in [0.25, 0.3) is 11.1 Å². The van der Waals surface area contributed by atoms with Gasteiger partial charge in [0, 0.05) is 11.8 Å². The van der Waals surface area contributed by atoms with E-state index in [1.54, 1.807) is 24.3 Å². The van der Waals surface area contributed by atoms with Crippen molar-refractivity contribution < 1.29 is 4.79 Å². The maximum atomic E-state index is 11.4. The number of H-pyrrole nitrogens is 1. The molecule has 0 amide bonds. The number of aldehydes is 1. The van der Waals surface area contributed by atoms with Gasteiger partial charge in [0.05, 0.1) is 11.9 Å². The minimum Gasteiger partial charge on any atom is -0.313 e. The van der Waals surface area contributed by atoms with Crippen LogP contribution in [-0.4, -0.2) is 16.3 Å². The Morgan fingerprint density at radius 3 is 2.53 bits per heavy atom. The zero-order valence-electron chi connectivity index (χ0n) is 7.81. The minimum atomic E-state index is -0.191. The second kappa shape index (κ2) is 3.88. The third-order valence-corrected chi connectivity index (χ3v) is 2.08. The number of aromatic amines is 1. The van der Waals surface area contributed by atoms with Gasteiger partial charge in [-0.05, 0) is 5.56 Å². The highest BCUT2D eigenvalue weighted by molar-refractivity contribution is 5.76. The molecule has 0 aliphatic carbocycles. The van der Waals surface area contributed by atoms with Crippen LogP contribution >= 0.6 is 0 Å². The first-order valence-electron chi connectivity index (χ1n) is 4.39. The van der Waals surface area contributed by atoms with E-state index in [4.69, 9.17) is 0 Å². The predicted octanol–water partition coefficient (Wildman–Crippen LogP) is 1.25. The van der Waals surface area contributed by atoms with Crippen LogP contribution in [0, 0.1) is 0 Å². The van der Waals surface area contributed by atoms with Crippen LogP contribution in [0.15, 0.2) is 41.6 Å². The summed E-state index contributed by atoms with van der Waals surface area (Å²) in [6.07, 6.45) is 3.59. The molecule has 1 aromatic heterocycles. The fraction of sp³-hybridized carbons (Fsp3) is 0. The van der Waals surface area contributed by atoms with Crippen LogP contribution in [0.1, 0.15) is 10.4 Å². The summed E-state index contributed by atoms with van der Waals surface area (Å²) in [6.45, 7) is 0. The van der Waals surface area contributed by atoms with Crippen molar-refractivity contribution in [3.8, 4) is 11.1 Å². The molecular weight excluding hydrogens is 192 g/mol. The van der Waals surface area contributed by atoms with E-state index < -0.39 is 0 Å². The summed E-state index contributed by atoms with van der Waals surface area (Å²) in [5, 5.41) is 0. The van der Waals surface area contributed by atoms with Gasteiger partial charge in [-0.25, -0.2) is 4.98 Å². The average molecular weight is 200 g/mol. The smallest absolute Gasteiger partial charge is 0.258 e. The summed E-state index contributed by atoms with van der Waals surface area (Å²) in [7, 11) is 0. The van der Waals surface area contributed by atoms with Crippen molar-refractivity contribution in [3.05, 3.63) is 52.7 Å². The Kier molecular flexibility index (Phi) is 2.41. The third kappa shape index (κ3) is 1.83. The molecule has 0 saturated heterocycles. The number of nitrogens with one attached hydrogen (secondary N) is 1. The third-order valence-electron chi connectivity index (χ3n) is 2.08. The van der Waals surface area contributed by atoms with Crippen molar-refractivity contribution in [2.45, 2.75) is 0 Å². The van der Waals surface area contributed by atoms with E-state index in [0.29, 0.717) is 11.1 Å². The summed E-state index contributed by atoms with van der Waals surface area (Å²) in [4.78, 5) is 28.2. The second-order valence-corrected chi connectivity index (χ2v) is 3.03. The normalized spacial score (nSPS) is 9.87. The Hall–Kier alpha value is -2.23. The van der Waals surface area contributed by atoms with Gasteiger partial charge >= 0.3 is 0 Å². The molecule has 74 valence electrons. The Morgan fingerprint density at radius 1 is 1.20 bits per heavy atom. The number of carbonyl (C=O) groups is 1. The number of carbonyl (C=O) groups excluding carboxylic acids is 1. The molecule has 1 N–H and O–H groups in total. The predicted molar refractivity (Wildman–Crippen MR) is 55.7 cm³/mol. The molecule has 0 fully saturated rings. The second-order valence-electron chi connectivity index (χ2n) is 3.03. The van der Waals surface area contributed by atoms with Crippen LogP contribution in [-0.2, 0) is 0 Å². The van der Waals surface area contributed by atoms with Crippen LogP contribution < -0.4 is 5.56 Å². The van der Waals surface area contributed by atoms with Gasteiger partial charge in [0.1, 0.15) is 6.29 Å². The zero-order valence-corrected chi connectivity index (χ0v) is 7.81. The van der Waals surface area contributed by atoms with Crippen molar-refractivity contribution in [2.24, 2.45) is 0 Å². The quantitative estimate of drug-likeness (QED) is 0.742. The van der Waals surface area contributed by atoms with Crippen LogP contribution in [0.2, 0.25) is 0 Å². The molecule has 15 heavy (non-hydrogen) atoms. The molecule has 0 bridgehead atoms. The van der Waals surface area contributed by atoms with E-state index in [2.05, 4.69) is 9.97 Å². The molecule has 1 aromatic carbocycles. The lowest BCUT2D eigenvalue weighted by Crippen LogP contribution is -2.08. The Balaban J connectivity index is 2.51. The molecule has 0 aliphatic rings. The van der Waals surface area contributed by atoms with Gasteiger partial charge in [-0.2, -0.15) is 0 Å². The molecule has 2 aromatic rings. The molecule has 0 atom stereocenters. The topological polar surface area (TPSA) is 62.8 Å². The standard InChI is InChI=1S/C11H8N2O2/c14-6-8-1-3-9(4-2-8)10-5-12-7-13-11(10)15/h1-7H,(H,12,13,15). The van der Waals surface area contributed by atoms with E-state index in [0.717, 1.165) is 11.8 Å². The Morgan fingerprint density at radius 2 is 1.93 bits per heavy atom. The highest BCUT2D eigenvalue weighted by Crippen LogP contribution is 2.13. The number of aromatic nitrogens is 2. The van der Waals surface area contributed by atoms with Gasteiger partial charge in [-0.1, -0.05) is 24.3 Å². The summed E-state index contributed by atoms with van der Waals surface area (Å²) < 4.78 is 0. The molecule has 4 nitrogen and oxygen atoms in total. The van der Waals surface area contributed by atoms with Crippen molar-refractivity contribution in [3.63, 3.8) is 0 Å². The molecule has 0 radical (unpaired) electrons. The Bertz CT molecular complexity index is 529. The number of rotatable bonds is 2. The number of benzene rings is 1. The van der Waals surface area contributed by atoms with Crippen molar-refractivity contribution in [1.29, 1.82) is 0 Å². The number of nitrogens with zero attached hydrogens (tertiary/aromatic N) is 1. The van der Waals surface area contributed by atoms with E-state index >= 15 is 0 Å². The zero-order chi connectivity index (χ0) is 10.7. The van der Waals surface area contributed by atoms with Gasteiger partial charge in [0.2, 0.25) is 0 Å². The lowest BCUT2D eigenvalue weighted by atomic mass is 10.1. The lowest BCUT2D eigenvalue weighted by molar-refractivity contribution is 0.112. The number of hydrogen-bond donors (Lipinski definition) is 1. The highest BCUT2D eigenvalue weighted by Gasteiger charge is 2.01. The fourth-order valence-electron chi connectivity index (χ4n) is 1.29. The van der Waals surface area contributed by atoms with E-state index in [1.165, 1.54) is 12.5 Å².